The molecule has 0 spiro atoms. The molecule has 4 atom stereocenters. The maximum Gasteiger partial charge on any atom is 0.338 e. The second kappa shape index (κ2) is 5.16. The van der Waals surface area contributed by atoms with Crippen LogP contribution in [0.3, 0.4) is 0 Å². The highest BCUT2D eigenvalue weighted by Gasteiger charge is 2.59. The van der Waals surface area contributed by atoms with Crippen molar-refractivity contribution in [1.29, 1.82) is 0 Å². The van der Waals surface area contributed by atoms with E-state index in [0.717, 1.165) is 6.42 Å². The van der Waals surface area contributed by atoms with Crippen molar-refractivity contribution in [2.45, 2.75) is 13.3 Å². The lowest BCUT2D eigenvalue weighted by atomic mass is 9.85. The van der Waals surface area contributed by atoms with E-state index in [1.165, 1.54) is 4.90 Å². The average Bonchev–Trinajstić information content (AvgIpc) is 3.22. The van der Waals surface area contributed by atoms with Crippen LogP contribution in [0, 0.1) is 23.7 Å². The summed E-state index contributed by atoms with van der Waals surface area (Å²) in [5, 5.41) is 0. The molecule has 1 aromatic carbocycles. The van der Waals surface area contributed by atoms with Gasteiger partial charge in [0.2, 0.25) is 11.8 Å². The van der Waals surface area contributed by atoms with Crippen LogP contribution in [0.4, 0.5) is 5.69 Å². The van der Waals surface area contributed by atoms with Gasteiger partial charge in [0.1, 0.15) is 5.75 Å². The predicted molar refractivity (Wildman–Crippen MR) is 87.1 cm³/mol. The van der Waals surface area contributed by atoms with Crippen molar-refractivity contribution in [2.75, 3.05) is 4.90 Å². The summed E-state index contributed by atoms with van der Waals surface area (Å²) >= 11 is 0. The second-order valence-electron chi connectivity index (χ2n) is 6.68. The number of anilines is 1. The fourth-order valence-electron chi connectivity index (χ4n) is 4.01. The maximum atomic E-state index is 12.7. The Hall–Kier alpha value is -2.69. The number of rotatable bonds is 3. The van der Waals surface area contributed by atoms with Gasteiger partial charge in [-0.05, 0) is 49.4 Å². The molecule has 2 amide bonds. The number of amides is 2. The third-order valence-corrected chi connectivity index (χ3v) is 5.12. The first-order valence-corrected chi connectivity index (χ1v) is 8.01. The van der Waals surface area contributed by atoms with Crippen LogP contribution in [-0.2, 0) is 14.4 Å². The lowest BCUT2D eigenvalue weighted by Gasteiger charge is -2.17. The van der Waals surface area contributed by atoms with E-state index in [9.17, 15) is 14.4 Å². The van der Waals surface area contributed by atoms with Crippen molar-refractivity contribution in [3.8, 4) is 5.75 Å². The second-order valence-corrected chi connectivity index (χ2v) is 6.68. The van der Waals surface area contributed by atoms with Crippen LogP contribution in [0.2, 0.25) is 0 Å². The van der Waals surface area contributed by atoms with Gasteiger partial charge in [0.05, 0.1) is 17.5 Å². The number of allylic oxidation sites excluding steroid dienone is 2. The molecule has 1 saturated carbocycles. The lowest BCUT2D eigenvalue weighted by Crippen LogP contribution is -2.32. The molecule has 5 nitrogen and oxygen atoms in total. The minimum atomic E-state index is -0.506. The Morgan fingerprint density at radius 3 is 2.12 bits per heavy atom. The number of carbonyl (C=O) groups excluding carboxylic acids is 3. The Kier molecular flexibility index (Phi) is 3.20. The van der Waals surface area contributed by atoms with Crippen molar-refractivity contribution in [1.82, 2.24) is 0 Å². The summed E-state index contributed by atoms with van der Waals surface area (Å²) in [6.45, 7) is 5.09. The minimum absolute atomic E-state index is 0.117. The number of hydrogen-bond acceptors (Lipinski definition) is 4. The number of benzene rings is 1. The lowest BCUT2D eigenvalue weighted by molar-refractivity contribution is -0.130. The zero-order valence-electron chi connectivity index (χ0n) is 13.3. The monoisotopic (exact) mass is 323 g/mol. The average molecular weight is 323 g/mol. The van der Waals surface area contributed by atoms with E-state index < -0.39 is 5.97 Å². The SMILES string of the molecule is C=C(C)C(=O)Oc1ccc(N2C(=O)[C@H]3[C@H](C2=O)[C@H]2C=C[C@H]3C2)cc1. The Balaban J connectivity index is 1.57. The van der Waals surface area contributed by atoms with Gasteiger partial charge in [-0.3, -0.25) is 14.5 Å². The van der Waals surface area contributed by atoms with Crippen LogP contribution < -0.4 is 9.64 Å². The highest BCUT2D eigenvalue weighted by molar-refractivity contribution is 6.22. The fourth-order valence-corrected chi connectivity index (χ4v) is 4.01. The number of fused-ring (bicyclic) bond motifs is 5. The quantitative estimate of drug-likeness (QED) is 0.282. The molecule has 0 radical (unpaired) electrons. The number of carbonyl (C=O) groups is 3. The summed E-state index contributed by atoms with van der Waals surface area (Å²) in [5.41, 5.74) is 0.827. The van der Waals surface area contributed by atoms with Crippen molar-refractivity contribution in [3.05, 3.63) is 48.6 Å². The van der Waals surface area contributed by atoms with Crippen molar-refractivity contribution >= 4 is 23.5 Å². The zero-order chi connectivity index (χ0) is 17.0. The molecule has 1 aromatic rings. The first-order valence-electron chi connectivity index (χ1n) is 8.01. The molecule has 0 aromatic heterocycles. The van der Waals surface area contributed by atoms with Crippen LogP contribution in [0.25, 0.3) is 0 Å². The zero-order valence-corrected chi connectivity index (χ0v) is 13.3. The molecule has 3 aliphatic rings. The van der Waals surface area contributed by atoms with Gasteiger partial charge in [0.25, 0.3) is 0 Å². The molecule has 0 unspecified atom stereocenters. The molecule has 5 heteroatoms. The van der Waals surface area contributed by atoms with Gasteiger partial charge in [-0.25, -0.2) is 4.79 Å². The smallest absolute Gasteiger partial charge is 0.338 e. The molecule has 2 fully saturated rings. The van der Waals surface area contributed by atoms with E-state index in [-0.39, 0.29) is 35.5 Å². The van der Waals surface area contributed by atoms with Gasteiger partial charge in [-0.15, -0.1) is 0 Å². The third kappa shape index (κ3) is 2.04. The number of esters is 1. The molecule has 1 saturated heterocycles. The molecular formula is C19H17NO4. The number of nitrogens with zero attached hydrogens (tertiary/aromatic N) is 1. The summed E-state index contributed by atoms with van der Waals surface area (Å²) in [4.78, 5) is 38.2. The highest BCUT2D eigenvalue weighted by Crippen LogP contribution is 2.53. The summed E-state index contributed by atoms with van der Waals surface area (Å²) in [5.74, 6) is -0.431. The van der Waals surface area contributed by atoms with E-state index in [1.54, 1.807) is 31.2 Å². The van der Waals surface area contributed by atoms with Crippen LogP contribution in [-0.4, -0.2) is 17.8 Å². The highest BCUT2D eigenvalue weighted by atomic mass is 16.5. The first kappa shape index (κ1) is 14.9. The third-order valence-electron chi connectivity index (χ3n) is 5.12. The Labute approximate surface area is 139 Å². The van der Waals surface area contributed by atoms with Crippen molar-refractivity contribution in [3.63, 3.8) is 0 Å². The summed E-state index contributed by atoms with van der Waals surface area (Å²) in [6, 6.07) is 6.43. The van der Waals surface area contributed by atoms with Gasteiger partial charge in [-0.2, -0.15) is 0 Å². The molecule has 1 aliphatic heterocycles. The maximum absolute atomic E-state index is 12.7. The minimum Gasteiger partial charge on any atom is -0.423 e. The van der Waals surface area contributed by atoms with E-state index in [0.29, 0.717) is 17.0 Å². The van der Waals surface area contributed by atoms with E-state index in [1.807, 2.05) is 0 Å². The molecule has 2 aliphatic carbocycles. The standard InChI is InChI=1S/C19H17NO4/c1-10(2)19(23)24-14-7-5-13(6-8-14)20-17(21)15-11-3-4-12(9-11)16(15)18(20)22/h3-8,11-12,15-16H,1,9H2,2H3/t11-,12-,15+,16+/m0/s1. The predicted octanol–water partition coefficient (Wildman–Crippen LogP) is 2.48. The van der Waals surface area contributed by atoms with E-state index in [4.69, 9.17) is 4.74 Å². The Bertz CT molecular complexity index is 762. The Morgan fingerprint density at radius 2 is 1.62 bits per heavy atom. The van der Waals surface area contributed by atoms with Crippen molar-refractivity contribution in [2.24, 2.45) is 23.7 Å². The molecule has 122 valence electrons. The molecular weight excluding hydrogens is 306 g/mol. The molecule has 24 heavy (non-hydrogen) atoms. The summed E-state index contributed by atoms with van der Waals surface area (Å²) in [6.07, 6.45) is 5.05. The van der Waals surface area contributed by atoms with Gasteiger partial charge >= 0.3 is 5.97 Å². The van der Waals surface area contributed by atoms with Crippen LogP contribution in [0.15, 0.2) is 48.6 Å². The topological polar surface area (TPSA) is 63.7 Å². The fraction of sp³-hybridized carbons (Fsp3) is 0.316. The van der Waals surface area contributed by atoms with Gasteiger partial charge in [-0.1, -0.05) is 18.7 Å². The normalized spacial score (nSPS) is 30.0. The molecule has 4 rings (SSSR count). The molecule has 1 heterocycles. The van der Waals surface area contributed by atoms with Gasteiger partial charge in [0.15, 0.2) is 0 Å². The largest absolute Gasteiger partial charge is 0.423 e. The van der Waals surface area contributed by atoms with Crippen molar-refractivity contribution < 1.29 is 19.1 Å². The van der Waals surface area contributed by atoms with Gasteiger partial charge < -0.3 is 4.74 Å². The van der Waals surface area contributed by atoms with Gasteiger partial charge in [0, 0.05) is 5.57 Å². The van der Waals surface area contributed by atoms with E-state index >= 15 is 0 Å². The first-order chi connectivity index (χ1) is 11.5. The summed E-state index contributed by atoms with van der Waals surface area (Å²) in [7, 11) is 0. The number of imide groups is 1. The van der Waals surface area contributed by atoms with E-state index in [2.05, 4.69) is 18.7 Å². The Morgan fingerprint density at radius 1 is 1.08 bits per heavy atom. The van der Waals surface area contributed by atoms with Crippen LogP contribution >= 0.6 is 0 Å². The molecule has 2 bridgehead atoms. The van der Waals surface area contributed by atoms with Crippen LogP contribution in [0.5, 0.6) is 5.75 Å². The number of ether oxygens (including phenoxy) is 1. The van der Waals surface area contributed by atoms with Crippen LogP contribution in [0.1, 0.15) is 13.3 Å². The molecule has 0 N–H and O–H groups in total. The summed E-state index contributed by atoms with van der Waals surface area (Å²) < 4.78 is 5.13. The number of hydrogen-bond donors (Lipinski definition) is 0.